The molecular formula is C12H25N3O3S. The number of rotatable bonds is 5. The van der Waals surface area contributed by atoms with Crippen LogP contribution in [0.1, 0.15) is 19.3 Å². The number of hydrogen-bond acceptors (Lipinski definition) is 5. The van der Waals surface area contributed by atoms with E-state index in [0.29, 0.717) is 13.0 Å². The lowest BCUT2D eigenvalue weighted by Gasteiger charge is -2.27. The zero-order chi connectivity index (χ0) is 14.0. The molecule has 3 unspecified atom stereocenters. The highest BCUT2D eigenvalue weighted by Gasteiger charge is 2.39. The summed E-state index contributed by atoms with van der Waals surface area (Å²) in [6.07, 6.45) is 1.98. The Hall–Kier alpha value is -0.210. The predicted molar refractivity (Wildman–Crippen MR) is 74.5 cm³/mol. The van der Waals surface area contributed by atoms with E-state index in [2.05, 4.69) is 5.32 Å². The molecule has 6 nitrogen and oxygen atoms in total. The van der Waals surface area contributed by atoms with E-state index < -0.39 is 16.1 Å². The van der Waals surface area contributed by atoms with Gasteiger partial charge in [-0.1, -0.05) is 0 Å². The lowest BCUT2D eigenvalue weighted by molar-refractivity contribution is 0.188. The van der Waals surface area contributed by atoms with Crippen LogP contribution in [0, 0.1) is 0 Å². The number of aliphatic hydroxyl groups is 1. The molecule has 0 bridgehead atoms. The number of sulfonamides is 1. The molecule has 0 aliphatic carbocycles. The highest BCUT2D eigenvalue weighted by Crippen LogP contribution is 2.23. The first kappa shape index (κ1) is 15.2. The van der Waals surface area contributed by atoms with Crippen LogP contribution in [-0.4, -0.2) is 80.4 Å². The van der Waals surface area contributed by atoms with Gasteiger partial charge in [-0.3, -0.25) is 0 Å². The third-order valence-corrected chi connectivity index (χ3v) is 5.83. The Balaban J connectivity index is 2.04. The topological polar surface area (TPSA) is 72.9 Å². The van der Waals surface area contributed by atoms with Gasteiger partial charge in [0.25, 0.3) is 0 Å². The molecule has 2 saturated heterocycles. The Morgan fingerprint density at radius 3 is 2.74 bits per heavy atom. The minimum absolute atomic E-state index is 0.0720. The molecule has 0 radical (unpaired) electrons. The van der Waals surface area contributed by atoms with Gasteiger partial charge < -0.3 is 15.3 Å². The Bertz CT molecular complexity index is 393. The average molecular weight is 291 g/mol. The first-order chi connectivity index (χ1) is 8.88. The van der Waals surface area contributed by atoms with Gasteiger partial charge in [-0.05, 0) is 39.9 Å². The molecule has 2 N–H and O–H groups in total. The molecule has 0 amide bonds. The van der Waals surface area contributed by atoms with Crippen molar-refractivity contribution in [2.24, 2.45) is 0 Å². The van der Waals surface area contributed by atoms with Crippen LogP contribution in [0.15, 0.2) is 0 Å². The van der Waals surface area contributed by atoms with E-state index in [1.54, 1.807) is 0 Å². The largest absolute Gasteiger partial charge is 0.392 e. The Morgan fingerprint density at radius 2 is 2.16 bits per heavy atom. The van der Waals surface area contributed by atoms with Crippen molar-refractivity contribution in [3.8, 4) is 0 Å². The summed E-state index contributed by atoms with van der Waals surface area (Å²) >= 11 is 0. The van der Waals surface area contributed by atoms with Gasteiger partial charge in [0.15, 0.2) is 0 Å². The van der Waals surface area contributed by atoms with E-state index in [1.165, 1.54) is 4.31 Å². The minimum atomic E-state index is -3.29. The van der Waals surface area contributed by atoms with Crippen LogP contribution in [0.3, 0.4) is 0 Å². The van der Waals surface area contributed by atoms with Gasteiger partial charge >= 0.3 is 0 Å². The van der Waals surface area contributed by atoms with Crippen molar-refractivity contribution >= 4 is 10.0 Å². The third-order valence-electron chi connectivity index (χ3n) is 3.85. The molecule has 2 fully saturated rings. The zero-order valence-electron chi connectivity index (χ0n) is 11.7. The quantitative estimate of drug-likeness (QED) is 0.684. The van der Waals surface area contributed by atoms with Crippen LogP contribution in [0.25, 0.3) is 0 Å². The molecule has 2 aliphatic heterocycles. The van der Waals surface area contributed by atoms with Gasteiger partial charge in [-0.15, -0.1) is 0 Å². The van der Waals surface area contributed by atoms with Crippen molar-refractivity contribution in [3.05, 3.63) is 0 Å². The molecule has 2 aliphatic rings. The van der Waals surface area contributed by atoms with E-state index in [0.717, 1.165) is 19.4 Å². The lowest BCUT2D eigenvalue weighted by atomic mass is 10.2. The highest BCUT2D eigenvalue weighted by atomic mass is 32.2. The van der Waals surface area contributed by atoms with Crippen molar-refractivity contribution < 1.29 is 13.5 Å². The zero-order valence-corrected chi connectivity index (χ0v) is 12.6. The summed E-state index contributed by atoms with van der Waals surface area (Å²) in [6, 6.07) is -0.0286. The fraction of sp³-hybridized carbons (Fsp3) is 1.00. The number of aliphatic hydroxyl groups excluding tert-OH is 1. The summed E-state index contributed by atoms with van der Waals surface area (Å²) in [5.74, 6) is 0.156. The maximum absolute atomic E-state index is 12.5. The van der Waals surface area contributed by atoms with E-state index >= 15 is 0 Å². The molecule has 0 aromatic heterocycles. The summed E-state index contributed by atoms with van der Waals surface area (Å²) in [6.45, 7) is 1.81. The standard InChI is InChI=1S/C12H25N3O3S/c1-14(2)7-11-6-12(16)8-15(11)19(17,18)9-10-4-3-5-13-10/h10-13,16H,3-9H2,1-2H3. The van der Waals surface area contributed by atoms with Gasteiger partial charge in [0, 0.05) is 25.2 Å². The molecule has 2 heterocycles. The Labute approximate surface area is 115 Å². The minimum Gasteiger partial charge on any atom is -0.392 e. The molecule has 112 valence electrons. The van der Waals surface area contributed by atoms with Crippen molar-refractivity contribution in [1.29, 1.82) is 0 Å². The molecule has 0 aromatic rings. The van der Waals surface area contributed by atoms with Crippen molar-refractivity contribution in [2.45, 2.75) is 37.5 Å². The number of hydrogen-bond donors (Lipinski definition) is 2. The van der Waals surface area contributed by atoms with Crippen LogP contribution in [0.2, 0.25) is 0 Å². The van der Waals surface area contributed by atoms with Crippen molar-refractivity contribution in [1.82, 2.24) is 14.5 Å². The second-order valence-electron chi connectivity index (χ2n) is 5.95. The summed E-state index contributed by atoms with van der Waals surface area (Å²) < 4.78 is 26.5. The van der Waals surface area contributed by atoms with Gasteiger partial charge in [0.1, 0.15) is 0 Å². The molecule has 0 aromatic carbocycles. The molecule has 19 heavy (non-hydrogen) atoms. The van der Waals surface area contributed by atoms with Crippen LogP contribution in [0.5, 0.6) is 0 Å². The molecule has 0 spiro atoms. The first-order valence-corrected chi connectivity index (χ1v) is 8.55. The van der Waals surface area contributed by atoms with Crippen LogP contribution in [-0.2, 0) is 10.0 Å². The fourth-order valence-electron chi connectivity index (χ4n) is 3.04. The number of nitrogens with one attached hydrogen (secondary N) is 1. The van der Waals surface area contributed by atoms with Crippen molar-refractivity contribution in [2.75, 3.05) is 39.5 Å². The van der Waals surface area contributed by atoms with Crippen LogP contribution < -0.4 is 5.32 Å². The van der Waals surface area contributed by atoms with Gasteiger partial charge in [-0.2, -0.15) is 4.31 Å². The van der Waals surface area contributed by atoms with Crippen molar-refractivity contribution in [3.63, 3.8) is 0 Å². The normalized spacial score (nSPS) is 33.4. The smallest absolute Gasteiger partial charge is 0.216 e. The third kappa shape index (κ3) is 3.88. The Kier molecular flexibility index (Phi) is 4.84. The molecule has 7 heteroatoms. The maximum atomic E-state index is 12.5. The molecular weight excluding hydrogens is 266 g/mol. The summed E-state index contributed by atoms with van der Waals surface area (Å²) in [5, 5.41) is 13.0. The van der Waals surface area contributed by atoms with Crippen LogP contribution in [0.4, 0.5) is 0 Å². The second kappa shape index (κ2) is 6.05. The molecule has 2 rings (SSSR count). The first-order valence-electron chi connectivity index (χ1n) is 6.94. The molecule has 0 saturated carbocycles. The summed E-state index contributed by atoms with van der Waals surface area (Å²) in [4.78, 5) is 1.97. The lowest BCUT2D eigenvalue weighted by Crippen LogP contribution is -2.45. The monoisotopic (exact) mass is 291 g/mol. The van der Waals surface area contributed by atoms with E-state index in [-0.39, 0.29) is 24.4 Å². The van der Waals surface area contributed by atoms with Crippen LogP contribution >= 0.6 is 0 Å². The number of likely N-dealkylation sites (N-methyl/N-ethyl adjacent to an activating group) is 1. The van der Waals surface area contributed by atoms with E-state index in [9.17, 15) is 13.5 Å². The van der Waals surface area contributed by atoms with Gasteiger partial charge in [-0.25, -0.2) is 8.42 Å². The second-order valence-corrected chi connectivity index (χ2v) is 7.91. The number of nitrogens with zero attached hydrogens (tertiary/aromatic N) is 2. The van der Waals surface area contributed by atoms with E-state index in [4.69, 9.17) is 0 Å². The SMILES string of the molecule is CN(C)CC1CC(O)CN1S(=O)(=O)CC1CCCN1. The Morgan fingerprint density at radius 1 is 1.42 bits per heavy atom. The fourth-order valence-corrected chi connectivity index (χ4v) is 5.03. The number of β-amino-alcohol motifs (C(OH)–C–C–N with tert-alkyl or cyclic N) is 1. The predicted octanol–water partition coefficient (Wildman–Crippen LogP) is -0.935. The summed E-state index contributed by atoms with van der Waals surface area (Å²) in [5.41, 5.74) is 0. The van der Waals surface area contributed by atoms with E-state index in [1.807, 2.05) is 19.0 Å². The average Bonchev–Trinajstić information content (AvgIpc) is 2.87. The molecule has 3 atom stereocenters. The highest BCUT2D eigenvalue weighted by molar-refractivity contribution is 7.89. The maximum Gasteiger partial charge on any atom is 0.216 e. The van der Waals surface area contributed by atoms with Gasteiger partial charge in [0.2, 0.25) is 10.0 Å². The van der Waals surface area contributed by atoms with Gasteiger partial charge in [0.05, 0.1) is 11.9 Å². The summed E-state index contributed by atoms with van der Waals surface area (Å²) in [7, 11) is 0.562.